The van der Waals surface area contributed by atoms with Crippen molar-refractivity contribution < 1.29 is 9.90 Å². The Hall–Kier alpha value is -1.59. The fourth-order valence-corrected chi connectivity index (χ4v) is 2.31. The van der Waals surface area contributed by atoms with E-state index < -0.39 is 5.97 Å². The van der Waals surface area contributed by atoms with Gasteiger partial charge in [-0.15, -0.1) is 5.10 Å². The van der Waals surface area contributed by atoms with Crippen molar-refractivity contribution in [2.75, 3.05) is 0 Å². The van der Waals surface area contributed by atoms with Crippen LogP contribution in [-0.4, -0.2) is 26.1 Å². The standard InChI is InChI=1S/C12H11Cl2N3O2/c1-2-3-10-11(12(18)19)15-16-17(10)9-5-7(13)4-8(14)6-9/h4-6H,2-3H2,1H3,(H,18,19). The Kier molecular flexibility index (Phi) is 4.07. The molecule has 100 valence electrons. The second-order valence-electron chi connectivity index (χ2n) is 3.98. The molecule has 0 aliphatic carbocycles. The van der Waals surface area contributed by atoms with Crippen molar-refractivity contribution in [3.05, 3.63) is 39.6 Å². The minimum absolute atomic E-state index is 0.0436. The van der Waals surface area contributed by atoms with E-state index >= 15 is 0 Å². The number of hydrogen-bond acceptors (Lipinski definition) is 3. The van der Waals surface area contributed by atoms with E-state index in [-0.39, 0.29) is 5.69 Å². The van der Waals surface area contributed by atoms with E-state index in [0.29, 0.717) is 27.8 Å². The molecule has 0 spiro atoms. The van der Waals surface area contributed by atoms with Crippen LogP contribution < -0.4 is 0 Å². The molecule has 0 fully saturated rings. The summed E-state index contributed by atoms with van der Waals surface area (Å²) in [4.78, 5) is 11.1. The van der Waals surface area contributed by atoms with Gasteiger partial charge in [0, 0.05) is 10.0 Å². The lowest BCUT2D eigenvalue weighted by atomic mass is 10.2. The number of benzene rings is 1. The van der Waals surface area contributed by atoms with Crippen molar-refractivity contribution in [2.24, 2.45) is 0 Å². The van der Waals surface area contributed by atoms with E-state index in [4.69, 9.17) is 28.3 Å². The molecule has 1 N–H and O–H groups in total. The summed E-state index contributed by atoms with van der Waals surface area (Å²) in [5, 5.41) is 17.6. The highest BCUT2D eigenvalue weighted by molar-refractivity contribution is 6.34. The van der Waals surface area contributed by atoms with Crippen LogP contribution in [-0.2, 0) is 6.42 Å². The summed E-state index contributed by atoms with van der Waals surface area (Å²) >= 11 is 11.9. The Bertz CT molecular complexity index is 605. The predicted octanol–water partition coefficient (Wildman–Crippen LogP) is 3.22. The molecule has 1 heterocycles. The van der Waals surface area contributed by atoms with Crippen LogP contribution in [0, 0.1) is 0 Å². The Labute approximate surface area is 119 Å². The highest BCUT2D eigenvalue weighted by atomic mass is 35.5. The van der Waals surface area contributed by atoms with Crippen molar-refractivity contribution in [2.45, 2.75) is 19.8 Å². The first-order chi connectivity index (χ1) is 9.02. The van der Waals surface area contributed by atoms with Gasteiger partial charge in [-0.25, -0.2) is 9.48 Å². The Morgan fingerprint density at radius 2 is 1.95 bits per heavy atom. The Balaban J connectivity index is 2.58. The van der Waals surface area contributed by atoms with E-state index in [1.54, 1.807) is 18.2 Å². The average Bonchev–Trinajstić information content (AvgIpc) is 2.72. The second kappa shape index (κ2) is 5.59. The lowest BCUT2D eigenvalue weighted by molar-refractivity contribution is 0.0689. The smallest absolute Gasteiger partial charge is 0.358 e. The Morgan fingerprint density at radius 1 is 1.32 bits per heavy atom. The molecule has 0 aliphatic heterocycles. The van der Waals surface area contributed by atoms with E-state index in [1.165, 1.54) is 4.68 Å². The van der Waals surface area contributed by atoms with Gasteiger partial charge in [-0.05, 0) is 24.6 Å². The minimum atomic E-state index is -1.09. The second-order valence-corrected chi connectivity index (χ2v) is 4.85. The zero-order chi connectivity index (χ0) is 14.0. The van der Waals surface area contributed by atoms with Gasteiger partial charge in [0.25, 0.3) is 0 Å². The summed E-state index contributed by atoms with van der Waals surface area (Å²) in [6.07, 6.45) is 1.33. The van der Waals surface area contributed by atoms with E-state index in [2.05, 4.69) is 10.3 Å². The minimum Gasteiger partial charge on any atom is -0.476 e. The normalized spacial score (nSPS) is 10.7. The number of carboxylic acid groups (broad SMARTS) is 1. The lowest BCUT2D eigenvalue weighted by Crippen LogP contribution is -2.06. The van der Waals surface area contributed by atoms with E-state index in [9.17, 15) is 4.79 Å². The molecule has 0 aliphatic rings. The Morgan fingerprint density at radius 3 is 2.47 bits per heavy atom. The number of carboxylic acids is 1. The first-order valence-electron chi connectivity index (χ1n) is 5.67. The zero-order valence-electron chi connectivity index (χ0n) is 10.1. The van der Waals surface area contributed by atoms with Gasteiger partial charge in [0.05, 0.1) is 11.4 Å². The maximum absolute atomic E-state index is 11.1. The maximum Gasteiger partial charge on any atom is 0.358 e. The number of nitrogens with zero attached hydrogens (tertiary/aromatic N) is 3. The fraction of sp³-hybridized carbons (Fsp3) is 0.250. The van der Waals surface area contributed by atoms with Crippen molar-refractivity contribution in [3.63, 3.8) is 0 Å². The molecule has 19 heavy (non-hydrogen) atoms. The molecule has 0 bridgehead atoms. The van der Waals surface area contributed by atoms with Gasteiger partial charge in [0.1, 0.15) is 0 Å². The van der Waals surface area contributed by atoms with Gasteiger partial charge < -0.3 is 5.11 Å². The quantitative estimate of drug-likeness (QED) is 0.941. The number of halogens is 2. The first kappa shape index (κ1) is 13.8. The molecule has 2 rings (SSSR count). The van der Waals surface area contributed by atoms with Crippen LogP contribution in [0.5, 0.6) is 0 Å². The molecule has 7 heteroatoms. The number of aromatic carboxylic acids is 1. The summed E-state index contributed by atoms with van der Waals surface area (Å²) in [7, 11) is 0. The summed E-state index contributed by atoms with van der Waals surface area (Å²) < 4.78 is 1.46. The molecule has 0 saturated carbocycles. The average molecular weight is 300 g/mol. The third kappa shape index (κ3) is 2.88. The topological polar surface area (TPSA) is 68.0 Å². The fourth-order valence-electron chi connectivity index (χ4n) is 1.80. The molecule has 5 nitrogen and oxygen atoms in total. The molecule has 0 saturated heterocycles. The highest BCUT2D eigenvalue weighted by Gasteiger charge is 2.19. The van der Waals surface area contributed by atoms with Crippen LogP contribution in [0.4, 0.5) is 0 Å². The van der Waals surface area contributed by atoms with Crippen LogP contribution in [0.15, 0.2) is 18.2 Å². The SMILES string of the molecule is CCCc1c(C(=O)O)nnn1-c1cc(Cl)cc(Cl)c1. The van der Waals surface area contributed by atoms with Crippen molar-refractivity contribution >= 4 is 29.2 Å². The monoisotopic (exact) mass is 299 g/mol. The summed E-state index contributed by atoms with van der Waals surface area (Å²) in [6.45, 7) is 1.95. The van der Waals surface area contributed by atoms with Gasteiger partial charge in [-0.2, -0.15) is 0 Å². The van der Waals surface area contributed by atoms with Crippen LogP contribution in [0.3, 0.4) is 0 Å². The van der Waals surface area contributed by atoms with Gasteiger partial charge in [-0.1, -0.05) is 41.8 Å². The molecule has 0 atom stereocenters. The summed E-state index contributed by atoms with van der Waals surface area (Å²) in [6, 6.07) is 4.92. The molecule has 0 amide bonds. The third-order valence-electron chi connectivity index (χ3n) is 2.54. The predicted molar refractivity (Wildman–Crippen MR) is 72.3 cm³/mol. The van der Waals surface area contributed by atoms with Crippen molar-refractivity contribution in [1.29, 1.82) is 0 Å². The molecular formula is C12H11Cl2N3O2. The van der Waals surface area contributed by atoms with Crippen LogP contribution >= 0.6 is 23.2 Å². The molecule has 0 unspecified atom stereocenters. The number of carbonyl (C=O) groups is 1. The van der Waals surface area contributed by atoms with Gasteiger partial charge in [-0.3, -0.25) is 0 Å². The summed E-state index contributed by atoms with van der Waals surface area (Å²) in [5.41, 5.74) is 1.09. The van der Waals surface area contributed by atoms with Gasteiger partial charge >= 0.3 is 5.97 Å². The van der Waals surface area contributed by atoms with Gasteiger partial charge in [0.2, 0.25) is 0 Å². The third-order valence-corrected chi connectivity index (χ3v) is 2.98. The number of rotatable bonds is 4. The molecule has 1 aromatic carbocycles. The molecule has 2 aromatic rings. The van der Waals surface area contributed by atoms with Crippen LogP contribution in [0.25, 0.3) is 5.69 Å². The zero-order valence-corrected chi connectivity index (χ0v) is 11.6. The highest BCUT2D eigenvalue weighted by Crippen LogP contribution is 2.23. The van der Waals surface area contributed by atoms with Crippen LogP contribution in [0.2, 0.25) is 10.0 Å². The van der Waals surface area contributed by atoms with Crippen molar-refractivity contribution in [3.8, 4) is 5.69 Å². The van der Waals surface area contributed by atoms with Gasteiger partial charge in [0.15, 0.2) is 5.69 Å². The first-order valence-corrected chi connectivity index (χ1v) is 6.43. The van der Waals surface area contributed by atoms with Crippen LogP contribution in [0.1, 0.15) is 29.5 Å². The summed E-state index contributed by atoms with van der Waals surface area (Å²) in [5.74, 6) is -1.09. The maximum atomic E-state index is 11.1. The number of hydrogen-bond donors (Lipinski definition) is 1. The molecule has 1 aromatic heterocycles. The largest absolute Gasteiger partial charge is 0.476 e. The van der Waals surface area contributed by atoms with Crippen molar-refractivity contribution in [1.82, 2.24) is 15.0 Å². The molecular weight excluding hydrogens is 289 g/mol. The number of aromatic nitrogens is 3. The van der Waals surface area contributed by atoms with E-state index in [1.807, 2.05) is 6.92 Å². The molecule has 0 radical (unpaired) electrons. The lowest BCUT2D eigenvalue weighted by Gasteiger charge is -2.07. The van der Waals surface area contributed by atoms with E-state index in [0.717, 1.165) is 6.42 Å².